The fraction of sp³-hybridized carbons (Fsp3) is 0.0625. The number of aromatic nitrogens is 1. The summed E-state index contributed by atoms with van der Waals surface area (Å²) in [5.74, 6) is 1.58. The van der Waals surface area contributed by atoms with E-state index < -0.39 is 0 Å². The summed E-state index contributed by atoms with van der Waals surface area (Å²) in [5.41, 5.74) is 1.80. The highest BCUT2D eigenvalue weighted by Crippen LogP contribution is 2.20. The van der Waals surface area contributed by atoms with Crippen LogP contribution in [0.15, 0.2) is 71.3 Å². The van der Waals surface area contributed by atoms with E-state index in [0.717, 1.165) is 22.8 Å². The molecule has 0 unspecified atom stereocenters. The lowest BCUT2D eigenvalue weighted by atomic mass is 10.2. The average molecular weight is 251 g/mol. The van der Waals surface area contributed by atoms with Crippen molar-refractivity contribution in [3.8, 4) is 17.1 Å². The van der Waals surface area contributed by atoms with Crippen molar-refractivity contribution in [2.24, 2.45) is 0 Å². The lowest BCUT2D eigenvalue weighted by Gasteiger charge is -2.01. The molecule has 0 spiro atoms. The molecule has 0 radical (unpaired) electrons. The van der Waals surface area contributed by atoms with Crippen LogP contribution in [0.5, 0.6) is 5.75 Å². The molecule has 19 heavy (non-hydrogen) atoms. The second-order valence-corrected chi connectivity index (χ2v) is 4.15. The highest BCUT2D eigenvalue weighted by atomic mass is 16.5. The summed E-state index contributed by atoms with van der Waals surface area (Å²) in [4.78, 5) is 0. The Morgan fingerprint density at radius 3 is 2.32 bits per heavy atom. The van der Waals surface area contributed by atoms with Crippen molar-refractivity contribution in [1.82, 2.24) is 5.16 Å². The third kappa shape index (κ3) is 2.83. The maximum absolute atomic E-state index is 5.62. The van der Waals surface area contributed by atoms with Crippen LogP contribution >= 0.6 is 0 Å². The zero-order valence-electron chi connectivity index (χ0n) is 10.3. The van der Waals surface area contributed by atoms with Gasteiger partial charge in [-0.1, -0.05) is 53.7 Å². The minimum Gasteiger partial charge on any atom is -0.487 e. The summed E-state index contributed by atoms with van der Waals surface area (Å²) in [7, 11) is 0. The Morgan fingerprint density at radius 1 is 0.895 bits per heavy atom. The molecule has 3 heteroatoms. The van der Waals surface area contributed by atoms with Crippen LogP contribution in [-0.4, -0.2) is 5.16 Å². The quantitative estimate of drug-likeness (QED) is 0.705. The number of nitrogens with zero attached hydrogens (tertiary/aromatic N) is 1. The van der Waals surface area contributed by atoms with Gasteiger partial charge in [-0.3, -0.25) is 0 Å². The van der Waals surface area contributed by atoms with Gasteiger partial charge in [0, 0.05) is 11.6 Å². The van der Waals surface area contributed by atoms with Crippen molar-refractivity contribution in [3.05, 3.63) is 72.4 Å². The fourth-order valence-corrected chi connectivity index (χ4v) is 1.79. The molecule has 0 bridgehead atoms. The molecule has 3 nitrogen and oxygen atoms in total. The molecule has 1 aromatic heterocycles. The van der Waals surface area contributed by atoms with Crippen LogP contribution in [0.25, 0.3) is 11.3 Å². The molecule has 94 valence electrons. The third-order valence-corrected chi connectivity index (χ3v) is 2.75. The molecule has 0 saturated heterocycles. The third-order valence-electron chi connectivity index (χ3n) is 2.75. The predicted molar refractivity (Wildman–Crippen MR) is 72.7 cm³/mol. The van der Waals surface area contributed by atoms with Gasteiger partial charge in [0.05, 0.1) is 0 Å². The molecule has 0 N–H and O–H groups in total. The van der Waals surface area contributed by atoms with Crippen LogP contribution in [0.3, 0.4) is 0 Å². The van der Waals surface area contributed by atoms with Gasteiger partial charge < -0.3 is 9.26 Å². The Morgan fingerprint density at radius 2 is 1.58 bits per heavy atom. The van der Waals surface area contributed by atoms with Gasteiger partial charge in [-0.25, -0.2) is 0 Å². The van der Waals surface area contributed by atoms with Gasteiger partial charge in [0.1, 0.15) is 18.1 Å². The summed E-state index contributed by atoms with van der Waals surface area (Å²) in [6.45, 7) is 0.403. The molecular formula is C16H13NO2. The Labute approximate surface area is 111 Å². The Kier molecular flexibility index (Phi) is 3.28. The van der Waals surface area contributed by atoms with E-state index >= 15 is 0 Å². The molecule has 3 aromatic rings. The first-order valence-electron chi connectivity index (χ1n) is 6.11. The van der Waals surface area contributed by atoms with Crippen molar-refractivity contribution in [2.75, 3.05) is 0 Å². The minimum absolute atomic E-state index is 0.403. The highest BCUT2D eigenvalue weighted by molar-refractivity contribution is 5.56. The fourth-order valence-electron chi connectivity index (χ4n) is 1.79. The molecule has 0 aliphatic carbocycles. The zero-order valence-corrected chi connectivity index (χ0v) is 10.3. The molecule has 3 rings (SSSR count). The van der Waals surface area contributed by atoms with E-state index in [1.54, 1.807) is 0 Å². The summed E-state index contributed by atoms with van der Waals surface area (Å²) in [5, 5.41) is 4.01. The second-order valence-electron chi connectivity index (χ2n) is 4.15. The van der Waals surface area contributed by atoms with Gasteiger partial charge in [0.2, 0.25) is 0 Å². The van der Waals surface area contributed by atoms with E-state index in [9.17, 15) is 0 Å². The molecule has 0 aliphatic rings. The minimum atomic E-state index is 0.403. The van der Waals surface area contributed by atoms with E-state index in [1.807, 2.05) is 66.7 Å². The molecular weight excluding hydrogens is 238 g/mol. The number of para-hydroxylation sites is 1. The lowest BCUT2D eigenvalue weighted by Crippen LogP contribution is -1.94. The monoisotopic (exact) mass is 251 g/mol. The van der Waals surface area contributed by atoms with E-state index in [1.165, 1.54) is 0 Å². The van der Waals surface area contributed by atoms with Gasteiger partial charge in [0.15, 0.2) is 5.76 Å². The Hall–Kier alpha value is -2.55. The van der Waals surface area contributed by atoms with Gasteiger partial charge >= 0.3 is 0 Å². The largest absolute Gasteiger partial charge is 0.487 e. The van der Waals surface area contributed by atoms with Crippen LogP contribution in [0.2, 0.25) is 0 Å². The first-order chi connectivity index (χ1) is 9.42. The summed E-state index contributed by atoms with van der Waals surface area (Å²) in [6, 6.07) is 21.5. The van der Waals surface area contributed by atoms with Crippen molar-refractivity contribution >= 4 is 0 Å². The summed E-state index contributed by atoms with van der Waals surface area (Å²) in [6.07, 6.45) is 0. The molecule has 0 aliphatic heterocycles. The first-order valence-corrected chi connectivity index (χ1v) is 6.11. The standard InChI is InChI=1S/C16H13NO2/c1-3-7-13(8-4-1)16-11-14(17-19-16)12-18-15-9-5-2-6-10-15/h1-11H,12H2. The van der Waals surface area contributed by atoms with Crippen LogP contribution in [-0.2, 0) is 6.61 Å². The number of benzene rings is 2. The van der Waals surface area contributed by atoms with Crippen LogP contribution in [0.4, 0.5) is 0 Å². The smallest absolute Gasteiger partial charge is 0.167 e. The van der Waals surface area contributed by atoms with Gasteiger partial charge in [0.25, 0.3) is 0 Å². The Bertz CT molecular complexity index is 632. The maximum Gasteiger partial charge on any atom is 0.167 e. The van der Waals surface area contributed by atoms with Gasteiger partial charge in [-0.15, -0.1) is 0 Å². The Balaban J connectivity index is 1.69. The van der Waals surface area contributed by atoms with Crippen LogP contribution < -0.4 is 4.74 Å². The average Bonchev–Trinajstić information content (AvgIpc) is 2.96. The zero-order chi connectivity index (χ0) is 12.9. The first kappa shape index (κ1) is 11.5. The molecule has 0 saturated carbocycles. The van der Waals surface area contributed by atoms with Crippen LogP contribution in [0, 0.1) is 0 Å². The van der Waals surface area contributed by atoms with Gasteiger partial charge in [-0.05, 0) is 12.1 Å². The molecule has 1 heterocycles. The highest BCUT2D eigenvalue weighted by Gasteiger charge is 2.06. The normalized spacial score (nSPS) is 10.3. The number of hydrogen-bond donors (Lipinski definition) is 0. The SMILES string of the molecule is c1ccc(OCc2cc(-c3ccccc3)on2)cc1. The topological polar surface area (TPSA) is 35.3 Å². The van der Waals surface area contributed by atoms with E-state index in [-0.39, 0.29) is 0 Å². The molecule has 2 aromatic carbocycles. The molecule has 0 atom stereocenters. The number of rotatable bonds is 4. The van der Waals surface area contributed by atoms with E-state index in [2.05, 4.69) is 5.16 Å². The molecule has 0 amide bonds. The van der Waals surface area contributed by atoms with Crippen molar-refractivity contribution in [2.45, 2.75) is 6.61 Å². The van der Waals surface area contributed by atoms with Crippen LogP contribution in [0.1, 0.15) is 5.69 Å². The predicted octanol–water partition coefficient (Wildman–Crippen LogP) is 3.92. The van der Waals surface area contributed by atoms with Crippen molar-refractivity contribution in [3.63, 3.8) is 0 Å². The van der Waals surface area contributed by atoms with E-state index in [4.69, 9.17) is 9.26 Å². The lowest BCUT2D eigenvalue weighted by molar-refractivity contribution is 0.290. The molecule has 0 fully saturated rings. The second kappa shape index (κ2) is 5.40. The number of hydrogen-bond acceptors (Lipinski definition) is 3. The maximum atomic E-state index is 5.62. The number of ether oxygens (including phenoxy) is 1. The summed E-state index contributed by atoms with van der Waals surface area (Å²) >= 11 is 0. The van der Waals surface area contributed by atoms with E-state index in [0.29, 0.717) is 6.61 Å². The van der Waals surface area contributed by atoms with Crippen molar-refractivity contribution in [1.29, 1.82) is 0 Å². The summed E-state index contributed by atoms with van der Waals surface area (Å²) < 4.78 is 10.9. The van der Waals surface area contributed by atoms with Crippen molar-refractivity contribution < 1.29 is 9.26 Å². The van der Waals surface area contributed by atoms with Gasteiger partial charge in [-0.2, -0.15) is 0 Å².